The summed E-state index contributed by atoms with van der Waals surface area (Å²) in [7, 11) is 0. The normalized spacial score (nSPS) is 15.4. The zero-order valence-corrected chi connectivity index (χ0v) is 17.4. The zero-order valence-electron chi connectivity index (χ0n) is 17.4. The summed E-state index contributed by atoms with van der Waals surface area (Å²) in [5.41, 5.74) is 3.79. The van der Waals surface area contributed by atoms with Crippen molar-refractivity contribution in [1.29, 1.82) is 0 Å². The maximum absolute atomic E-state index is 13.4. The molecule has 1 amide bonds. The van der Waals surface area contributed by atoms with Gasteiger partial charge in [-0.25, -0.2) is 0 Å². The second kappa shape index (κ2) is 9.49. The van der Waals surface area contributed by atoms with Gasteiger partial charge in [-0.3, -0.25) is 4.79 Å². The number of nitrogens with zero attached hydrogens (tertiary/aromatic N) is 1. The largest absolute Gasteiger partial charge is 0.493 e. The minimum Gasteiger partial charge on any atom is -0.493 e. The number of unbranched alkanes of at least 4 members (excludes halogenated alkanes) is 1. The van der Waals surface area contributed by atoms with Crippen LogP contribution in [0.15, 0.2) is 78.9 Å². The summed E-state index contributed by atoms with van der Waals surface area (Å²) in [4.78, 5) is 15.4. The average Bonchev–Trinajstić information content (AvgIpc) is 2.80. The number of hydrogen-bond acceptors (Lipinski definition) is 3. The Morgan fingerprint density at radius 2 is 1.67 bits per heavy atom. The first-order valence-corrected chi connectivity index (χ1v) is 10.7. The van der Waals surface area contributed by atoms with Gasteiger partial charge in [-0.2, -0.15) is 0 Å². The number of rotatable bonds is 8. The molecule has 1 heterocycles. The lowest BCUT2D eigenvalue weighted by atomic mass is 10.0. The van der Waals surface area contributed by atoms with Crippen molar-refractivity contribution in [2.45, 2.75) is 32.4 Å². The summed E-state index contributed by atoms with van der Waals surface area (Å²) in [6.07, 6.45) is 2.62. The maximum atomic E-state index is 13.4. The van der Waals surface area contributed by atoms with Crippen molar-refractivity contribution >= 4 is 11.6 Å². The molecule has 0 aliphatic carbocycles. The lowest BCUT2D eigenvalue weighted by molar-refractivity contribution is 0.0683. The molecule has 0 aromatic heterocycles. The van der Waals surface area contributed by atoms with E-state index in [2.05, 4.69) is 30.4 Å². The Hall–Kier alpha value is -3.27. The van der Waals surface area contributed by atoms with Gasteiger partial charge in [0.2, 0.25) is 0 Å². The summed E-state index contributed by atoms with van der Waals surface area (Å²) in [6, 6.07) is 26.1. The van der Waals surface area contributed by atoms with Gasteiger partial charge in [-0.05, 0) is 36.6 Å². The standard InChI is InChI=1S/C26H28N2O2/c1-2-3-19-30-24-16-10-8-14-22(24)25-27-23-15-9-7-13-21(23)26(29)28(25)18-17-20-11-5-4-6-12-20/h4-16,25,27H,2-3,17-19H2,1H3. The highest BCUT2D eigenvalue weighted by Gasteiger charge is 2.33. The molecule has 0 saturated heterocycles. The van der Waals surface area contributed by atoms with Crippen molar-refractivity contribution in [3.63, 3.8) is 0 Å². The summed E-state index contributed by atoms with van der Waals surface area (Å²) in [6.45, 7) is 3.45. The van der Waals surface area contributed by atoms with E-state index in [1.807, 2.05) is 65.6 Å². The number of benzene rings is 3. The third-order valence-corrected chi connectivity index (χ3v) is 5.48. The van der Waals surface area contributed by atoms with Crippen LogP contribution in [-0.4, -0.2) is 24.0 Å². The number of carbonyl (C=O) groups excluding carboxylic acids is 1. The summed E-state index contributed by atoms with van der Waals surface area (Å²) in [5, 5.41) is 3.59. The summed E-state index contributed by atoms with van der Waals surface area (Å²) < 4.78 is 6.09. The zero-order chi connectivity index (χ0) is 20.8. The molecule has 4 rings (SSSR count). The molecule has 0 bridgehead atoms. The number of ether oxygens (including phenoxy) is 1. The second-order valence-electron chi connectivity index (χ2n) is 7.57. The lowest BCUT2D eigenvalue weighted by Crippen LogP contribution is -2.44. The molecule has 1 aliphatic heterocycles. The average molecular weight is 401 g/mol. The molecule has 0 saturated carbocycles. The third kappa shape index (κ3) is 4.33. The van der Waals surface area contributed by atoms with Crippen LogP contribution in [0, 0.1) is 0 Å². The van der Waals surface area contributed by atoms with Crippen molar-refractivity contribution in [3.8, 4) is 5.75 Å². The number of hydrogen-bond donors (Lipinski definition) is 1. The first kappa shape index (κ1) is 20.0. The molecule has 3 aromatic rings. The highest BCUT2D eigenvalue weighted by molar-refractivity contribution is 6.01. The van der Waals surface area contributed by atoms with E-state index in [1.165, 1.54) is 5.56 Å². The van der Waals surface area contributed by atoms with Crippen LogP contribution >= 0.6 is 0 Å². The predicted octanol–water partition coefficient (Wildman–Crippen LogP) is 5.67. The first-order valence-electron chi connectivity index (χ1n) is 10.7. The van der Waals surface area contributed by atoms with Gasteiger partial charge in [0, 0.05) is 17.8 Å². The molecular weight excluding hydrogens is 372 g/mol. The van der Waals surface area contributed by atoms with Gasteiger partial charge in [-0.1, -0.05) is 74.0 Å². The molecular formula is C26H28N2O2. The second-order valence-corrected chi connectivity index (χ2v) is 7.57. The van der Waals surface area contributed by atoms with Gasteiger partial charge in [0.05, 0.1) is 12.2 Å². The Morgan fingerprint density at radius 3 is 2.50 bits per heavy atom. The van der Waals surface area contributed by atoms with Gasteiger partial charge in [-0.15, -0.1) is 0 Å². The molecule has 1 aliphatic rings. The topological polar surface area (TPSA) is 41.6 Å². The molecule has 0 spiro atoms. The molecule has 0 radical (unpaired) electrons. The molecule has 30 heavy (non-hydrogen) atoms. The number of amides is 1. The van der Waals surface area contributed by atoms with Crippen molar-refractivity contribution in [3.05, 3.63) is 95.6 Å². The van der Waals surface area contributed by atoms with E-state index < -0.39 is 0 Å². The SMILES string of the molecule is CCCCOc1ccccc1C1Nc2ccccc2C(=O)N1CCc1ccccc1. The van der Waals surface area contributed by atoms with E-state index in [0.29, 0.717) is 18.7 Å². The fourth-order valence-electron chi connectivity index (χ4n) is 3.83. The Balaban J connectivity index is 1.66. The van der Waals surface area contributed by atoms with E-state index in [1.54, 1.807) is 0 Å². The maximum Gasteiger partial charge on any atom is 0.257 e. The fraction of sp³-hybridized carbons (Fsp3) is 0.269. The van der Waals surface area contributed by atoms with Crippen LogP contribution in [0.1, 0.15) is 47.4 Å². The molecule has 3 aromatic carbocycles. The Kier molecular flexibility index (Phi) is 6.33. The minimum atomic E-state index is -0.270. The number of nitrogens with one attached hydrogen (secondary N) is 1. The minimum absolute atomic E-state index is 0.0497. The first-order chi connectivity index (χ1) is 14.8. The van der Waals surface area contributed by atoms with E-state index in [0.717, 1.165) is 36.3 Å². The Morgan fingerprint density at radius 1 is 0.933 bits per heavy atom. The van der Waals surface area contributed by atoms with Gasteiger partial charge in [0.15, 0.2) is 0 Å². The van der Waals surface area contributed by atoms with Gasteiger partial charge < -0.3 is 15.0 Å². The molecule has 1 unspecified atom stereocenters. The van der Waals surface area contributed by atoms with Crippen LogP contribution in [0.2, 0.25) is 0 Å². The molecule has 4 nitrogen and oxygen atoms in total. The van der Waals surface area contributed by atoms with Crippen LogP contribution in [0.25, 0.3) is 0 Å². The van der Waals surface area contributed by atoms with Crippen molar-refractivity contribution < 1.29 is 9.53 Å². The number of carbonyl (C=O) groups is 1. The van der Waals surface area contributed by atoms with E-state index in [9.17, 15) is 4.79 Å². The summed E-state index contributed by atoms with van der Waals surface area (Å²) in [5.74, 6) is 0.883. The number of anilines is 1. The fourth-order valence-corrected chi connectivity index (χ4v) is 3.83. The molecule has 4 heteroatoms. The van der Waals surface area contributed by atoms with E-state index >= 15 is 0 Å². The molecule has 154 valence electrons. The highest BCUT2D eigenvalue weighted by atomic mass is 16.5. The van der Waals surface area contributed by atoms with Crippen LogP contribution in [0.3, 0.4) is 0 Å². The Labute approximate surface area is 178 Å². The van der Waals surface area contributed by atoms with Crippen molar-refractivity contribution in [1.82, 2.24) is 4.90 Å². The monoisotopic (exact) mass is 400 g/mol. The summed E-state index contributed by atoms with van der Waals surface area (Å²) >= 11 is 0. The van der Waals surface area contributed by atoms with E-state index in [4.69, 9.17) is 4.74 Å². The highest BCUT2D eigenvalue weighted by Crippen LogP contribution is 2.36. The third-order valence-electron chi connectivity index (χ3n) is 5.48. The van der Waals surface area contributed by atoms with Gasteiger partial charge in [0.25, 0.3) is 5.91 Å². The van der Waals surface area contributed by atoms with Gasteiger partial charge in [0.1, 0.15) is 11.9 Å². The number of fused-ring (bicyclic) bond motifs is 1. The van der Waals surface area contributed by atoms with Gasteiger partial charge >= 0.3 is 0 Å². The van der Waals surface area contributed by atoms with E-state index in [-0.39, 0.29) is 12.1 Å². The van der Waals surface area contributed by atoms with Crippen LogP contribution < -0.4 is 10.1 Å². The van der Waals surface area contributed by atoms with Crippen molar-refractivity contribution in [2.24, 2.45) is 0 Å². The van der Waals surface area contributed by atoms with Crippen LogP contribution in [0.4, 0.5) is 5.69 Å². The van der Waals surface area contributed by atoms with Crippen molar-refractivity contribution in [2.75, 3.05) is 18.5 Å². The predicted molar refractivity (Wildman–Crippen MR) is 121 cm³/mol. The molecule has 0 fully saturated rings. The smallest absolute Gasteiger partial charge is 0.257 e. The quantitative estimate of drug-likeness (QED) is 0.495. The lowest BCUT2D eigenvalue weighted by Gasteiger charge is -2.38. The van der Waals surface area contributed by atoms with Crippen LogP contribution in [0.5, 0.6) is 5.75 Å². The molecule has 1 atom stereocenters. The number of para-hydroxylation sites is 2. The molecule has 1 N–H and O–H groups in total. The van der Waals surface area contributed by atoms with Crippen LogP contribution in [-0.2, 0) is 6.42 Å². The Bertz CT molecular complexity index is 987.